The van der Waals surface area contributed by atoms with Gasteiger partial charge in [0, 0.05) is 15.3 Å². The Morgan fingerprint density at radius 3 is 2.70 bits per heavy atom. The third kappa shape index (κ3) is 4.60. The fourth-order valence-electron chi connectivity index (χ4n) is 1.87. The zero-order valence-corrected chi connectivity index (χ0v) is 14.9. The summed E-state index contributed by atoms with van der Waals surface area (Å²) in [7, 11) is 1.48. The van der Waals surface area contributed by atoms with Gasteiger partial charge in [0.1, 0.15) is 0 Å². The van der Waals surface area contributed by atoms with E-state index in [9.17, 15) is 4.79 Å². The summed E-state index contributed by atoms with van der Waals surface area (Å²) < 4.78 is 11.7. The molecule has 2 aromatic rings. The average molecular weight is 422 g/mol. The molecule has 0 fully saturated rings. The van der Waals surface area contributed by atoms with Crippen LogP contribution >= 0.6 is 22.6 Å². The zero-order chi connectivity index (χ0) is 16.8. The van der Waals surface area contributed by atoms with Crippen molar-refractivity contribution in [3.63, 3.8) is 0 Å². The van der Waals surface area contributed by atoms with E-state index in [-0.39, 0.29) is 12.5 Å². The fraction of sp³-hybridized carbons (Fsp3) is 0.176. The number of methoxy groups -OCH3 is 1. The predicted molar refractivity (Wildman–Crippen MR) is 95.7 cm³/mol. The highest BCUT2D eigenvalue weighted by atomic mass is 127. The summed E-state index contributed by atoms with van der Waals surface area (Å²) in [5.41, 5.74) is 2.34. The fourth-order valence-corrected chi connectivity index (χ4v) is 2.38. The molecule has 0 bridgehead atoms. The standard InChI is InChI=1S/C17H15IN2O3/c1-11-3-5-13(8-14(11)18)20-17(21)10-23-15-6-4-12(9-19)7-16(15)22-2/h3-8H,10H2,1-2H3,(H,20,21). The summed E-state index contributed by atoms with van der Waals surface area (Å²) in [4.78, 5) is 12.0. The molecule has 0 aromatic heterocycles. The number of ether oxygens (including phenoxy) is 2. The maximum Gasteiger partial charge on any atom is 0.262 e. The maximum atomic E-state index is 12.0. The summed E-state index contributed by atoms with van der Waals surface area (Å²) in [6.07, 6.45) is 0. The maximum absolute atomic E-state index is 12.0. The van der Waals surface area contributed by atoms with Crippen LogP contribution in [-0.2, 0) is 4.79 Å². The van der Waals surface area contributed by atoms with E-state index in [4.69, 9.17) is 14.7 Å². The number of nitrogens with one attached hydrogen (secondary N) is 1. The van der Waals surface area contributed by atoms with Crippen LogP contribution < -0.4 is 14.8 Å². The van der Waals surface area contributed by atoms with Gasteiger partial charge >= 0.3 is 0 Å². The van der Waals surface area contributed by atoms with Gasteiger partial charge in [-0.15, -0.1) is 0 Å². The lowest BCUT2D eigenvalue weighted by Crippen LogP contribution is -2.20. The Labute approximate surface area is 148 Å². The highest BCUT2D eigenvalue weighted by molar-refractivity contribution is 14.1. The van der Waals surface area contributed by atoms with Crippen LogP contribution in [0, 0.1) is 21.8 Å². The number of nitriles is 1. The van der Waals surface area contributed by atoms with E-state index in [1.165, 1.54) is 7.11 Å². The van der Waals surface area contributed by atoms with Crippen molar-refractivity contribution >= 4 is 34.2 Å². The van der Waals surface area contributed by atoms with Gasteiger partial charge < -0.3 is 14.8 Å². The van der Waals surface area contributed by atoms with E-state index in [0.29, 0.717) is 17.1 Å². The minimum Gasteiger partial charge on any atom is -0.493 e. The first-order valence-corrected chi connectivity index (χ1v) is 7.88. The van der Waals surface area contributed by atoms with E-state index in [1.54, 1.807) is 18.2 Å². The van der Waals surface area contributed by atoms with Crippen LogP contribution in [-0.4, -0.2) is 19.6 Å². The molecule has 1 amide bonds. The van der Waals surface area contributed by atoms with Gasteiger partial charge in [0.05, 0.1) is 18.7 Å². The highest BCUT2D eigenvalue weighted by Crippen LogP contribution is 2.27. The molecule has 0 unspecified atom stereocenters. The third-order valence-corrected chi connectivity index (χ3v) is 4.27. The Kier molecular flexibility index (Phi) is 5.82. The number of amides is 1. The Bertz CT molecular complexity index is 769. The molecule has 118 valence electrons. The Morgan fingerprint density at radius 2 is 2.04 bits per heavy atom. The summed E-state index contributed by atoms with van der Waals surface area (Å²) in [5, 5.41) is 11.6. The quantitative estimate of drug-likeness (QED) is 0.749. The van der Waals surface area contributed by atoms with E-state index in [2.05, 4.69) is 27.9 Å². The molecule has 0 saturated carbocycles. The van der Waals surface area contributed by atoms with E-state index in [1.807, 2.05) is 31.2 Å². The van der Waals surface area contributed by atoms with Crippen molar-refractivity contribution in [2.75, 3.05) is 19.0 Å². The number of hydrogen-bond donors (Lipinski definition) is 1. The molecule has 0 radical (unpaired) electrons. The molecule has 5 nitrogen and oxygen atoms in total. The van der Waals surface area contributed by atoms with Gasteiger partial charge in [-0.25, -0.2) is 0 Å². The summed E-state index contributed by atoms with van der Waals surface area (Å²) in [6, 6.07) is 12.5. The average Bonchev–Trinajstić information content (AvgIpc) is 2.56. The van der Waals surface area contributed by atoms with Crippen molar-refractivity contribution in [3.8, 4) is 17.6 Å². The molecule has 0 heterocycles. The lowest BCUT2D eigenvalue weighted by molar-refractivity contribution is -0.118. The summed E-state index contributed by atoms with van der Waals surface area (Å²) in [6.45, 7) is 1.86. The van der Waals surface area contributed by atoms with Gasteiger partial charge in [-0.05, 0) is 59.3 Å². The second-order valence-corrected chi connectivity index (χ2v) is 5.94. The van der Waals surface area contributed by atoms with E-state index < -0.39 is 0 Å². The van der Waals surface area contributed by atoms with Crippen LogP contribution in [0.3, 0.4) is 0 Å². The largest absolute Gasteiger partial charge is 0.493 e. The number of carbonyl (C=O) groups is 1. The minimum atomic E-state index is -0.268. The molecule has 0 aliphatic heterocycles. The van der Waals surface area contributed by atoms with Crippen LogP contribution in [0.1, 0.15) is 11.1 Å². The monoisotopic (exact) mass is 422 g/mol. The molecule has 0 aliphatic carbocycles. The summed E-state index contributed by atoms with van der Waals surface area (Å²) >= 11 is 2.22. The lowest BCUT2D eigenvalue weighted by atomic mass is 10.2. The number of halogens is 1. The topological polar surface area (TPSA) is 71.3 Å². The number of hydrogen-bond acceptors (Lipinski definition) is 4. The molecule has 0 spiro atoms. The van der Waals surface area contributed by atoms with Gasteiger partial charge in [-0.1, -0.05) is 6.07 Å². The third-order valence-electron chi connectivity index (χ3n) is 3.11. The number of rotatable bonds is 5. The van der Waals surface area contributed by atoms with Crippen molar-refractivity contribution in [1.82, 2.24) is 0 Å². The van der Waals surface area contributed by atoms with Crippen molar-refractivity contribution in [3.05, 3.63) is 51.1 Å². The van der Waals surface area contributed by atoms with Gasteiger partial charge in [0.25, 0.3) is 5.91 Å². The Morgan fingerprint density at radius 1 is 1.26 bits per heavy atom. The SMILES string of the molecule is COc1cc(C#N)ccc1OCC(=O)Nc1ccc(C)c(I)c1. The molecular formula is C17H15IN2O3. The van der Waals surface area contributed by atoms with Gasteiger partial charge in [-0.2, -0.15) is 5.26 Å². The van der Waals surface area contributed by atoms with Crippen LogP contribution in [0.2, 0.25) is 0 Å². The molecule has 0 saturated heterocycles. The second-order valence-electron chi connectivity index (χ2n) is 4.78. The molecule has 0 aliphatic rings. The molecule has 0 atom stereocenters. The first-order valence-electron chi connectivity index (χ1n) is 6.80. The summed E-state index contributed by atoms with van der Waals surface area (Å²) in [5.74, 6) is 0.568. The number of carbonyl (C=O) groups excluding carboxylic acids is 1. The first kappa shape index (κ1) is 17.1. The molecule has 1 N–H and O–H groups in total. The smallest absolute Gasteiger partial charge is 0.262 e. The first-order chi connectivity index (χ1) is 11.0. The van der Waals surface area contributed by atoms with Crippen molar-refractivity contribution < 1.29 is 14.3 Å². The van der Waals surface area contributed by atoms with Crippen LogP contribution in [0.5, 0.6) is 11.5 Å². The minimum absolute atomic E-state index is 0.146. The van der Waals surface area contributed by atoms with Crippen LogP contribution in [0.15, 0.2) is 36.4 Å². The van der Waals surface area contributed by atoms with Crippen molar-refractivity contribution in [2.45, 2.75) is 6.92 Å². The molecular weight excluding hydrogens is 407 g/mol. The Balaban J connectivity index is 1.99. The normalized spacial score (nSPS) is 9.83. The second kappa shape index (κ2) is 7.83. The van der Waals surface area contributed by atoms with E-state index >= 15 is 0 Å². The number of benzene rings is 2. The molecule has 23 heavy (non-hydrogen) atoms. The van der Waals surface area contributed by atoms with E-state index in [0.717, 1.165) is 14.8 Å². The molecule has 2 rings (SSSR count). The van der Waals surface area contributed by atoms with Gasteiger partial charge in [0.15, 0.2) is 18.1 Å². The molecule has 6 heteroatoms. The number of anilines is 1. The zero-order valence-electron chi connectivity index (χ0n) is 12.7. The lowest BCUT2D eigenvalue weighted by Gasteiger charge is -2.11. The van der Waals surface area contributed by atoms with Crippen molar-refractivity contribution in [2.24, 2.45) is 0 Å². The van der Waals surface area contributed by atoms with Gasteiger partial charge in [0.2, 0.25) is 0 Å². The number of aryl methyl sites for hydroxylation is 1. The molecule has 2 aromatic carbocycles. The van der Waals surface area contributed by atoms with Crippen LogP contribution in [0.25, 0.3) is 0 Å². The predicted octanol–water partition coefficient (Wildman–Crippen LogP) is 3.50. The Hall–Kier alpha value is -2.27. The van der Waals surface area contributed by atoms with Gasteiger partial charge in [-0.3, -0.25) is 4.79 Å². The number of nitrogens with zero attached hydrogens (tertiary/aromatic N) is 1. The van der Waals surface area contributed by atoms with Crippen molar-refractivity contribution in [1.29, 1.82) is 5.26 Å². The van der Waals surface area contributed by atoms with Crippen LogP contribution in [0.4, 0.5) is 5.69 Å². The highest BCUT2D eigenvalue weighted by Gasteiger charge is 2.09.